The second-order valence-corrected chi connectivity index (χ2v) is 5.55. The van der Waals surface area contributed by atoms with Crippen LogP contribution in [0.4, 0.5) is 5.69 Å². The topological polar surface area (TPSA) is 55.1 Å². The van der Waals surface area contributed by atoms with Crippen molar-refractivity contribution in [2.75, 3.05) is 12.3 Å². The van der Waals surface area contributed by atoms with Gasteiger partial charge in [0.15, 0.2) is 0 Å². The Morgan fingerprint density at radius 3 is 2.53 bits per heavy atom. The van der Waals surface area contributed by atoms with Crippen LogP contribution in [0, 0.1) is 5.92 Å². The number of nitrogen functional groups attached to an aromatic ring is 1. The first-order valence-electron chi connectivity index (χ1n) is 7.35. The molecule has 0 spiro atoms. The van der Waals surface area contributed by atoms with Gasteiger partial charge in [0.1, 0.15) is 0 Å². The maximum Gasteiger partial charge on any atom is 0.220 e. The summed E-state index contributed by atoms with van der Waals surface area (Å²) in [5, 5.41) is 3.07. The van der Waals surface area contributed by atoms with E-state index in [4.69, 9.17) is 5.73 Å². The van der Waals surface area contributed by atoms with Crippen LogP contribution in [0.1, 0.15) is 44.1 Å². The first-order chi connectivity index (χ1) is 9.24. The highest BCUT2D eigenvalue weighted by Gasteiger charge is 2.14. The molecule has 0 unspecified atom stereocenters. The lowest BCUT2D eigenvalue weighted by molar-refractivity contribution is -0.121. The lowest BCUT2D eigenvalue weighted by atomic mass is 9.89. The number of hydrogen-bond donors (Lipinski definition) is 2. The molecule has 3 N–H and O–H groups in total. The number of aryl methyl sites for hydroxylation is 1. The van der Waals surface area contributed by atoms with Gasteiger partial charge >= 0.3 is 0 Å². The number of carbonyl (C=O) groups is 1. The second kappa shape index (κ2) is 7.17. The van der Waals surface area contributed by atoms with Crippen LogP contribution >= 0.6 is 0 Å². The molecular weight excluding hydrogens is 236 g/mol. The molecule has 0 aromatic heterocycles. The smallest absolute Gasteiger partial charge is 0.220 e. The van der Waals surface area contributed by atoms with Crippen LogP contribution < -0.4 is 11.1 Å². The van der Waals surface area contributed by atoms with Gasteiger partial charge in [0.2, 0.25) is 5.91 Å². The lowest BCUT2D eigenvalue weighted by Gasteiger charge is -2.21. The SMILES string of the molecule is Nc1ccc(CCC(=O)NCC2CCCCC2)cc1. The van der Waals surface area contributed by atoms with Gasteiger partial charge in [0, 0.05) is 18.7 Å². The maximum absolute atomic E-state index is 11.8. The van der Waals surface area contributed by atoms with E-state index in [0.29, 0.717) is 12.3 Å². The fourth-order valence-corrected chi connectivity index (χ4v) is 2.68. The third-order valence-electron chi connectivity index (χ3n) is 3.93. The Morgan fingerprint density at radius 2 is 1.84 bits per heavy atom. The molecule has 0 bridgehead atoms. The summed E-state index contributed by atoms with van der Waals surface area (Å²) in [6.07, 6.45) is 7.92. The van der Waals surface area contributed by atoms with Crippen molar-refractivity contribution >= 4 is 11.6 Å². The van der Waals surface area contributed by atoms with Crippen molar-refractivity contribution in [1.29, 1.82) is 0 Å². The van der Waals surface area contributed by atoms with Gasteiger partial charge in [0.05, 0.1) is 0 Å². The minimum atomic E-state index is 0.169. The first kappa shape index (κ1) is 13.9. The third-order valence-corrected chi connectivity index (χ3v) is 3.93. The average Bonchev–Trinajstić information content (AvgIpc) is 2.45. The lowest BCUT2D eigenvalue weighted by Crippen LogP contribution is -2.30. The van der Waals surface area contributed by atoms with Gasteiger partial charge < -0.3 is 11.1 Å². The molecule has 3 heteroatoms. The Kier molecular flexibility index (Phi) is 5.25. The van der Waals surface area contributed by atoms with Gasteiger partial charge in [-0.05, 0) is 42.9 Å². The standard InChI is InChI=1S/C16H24N2O/c17-15-9-6-13(7-10-15)8-11-16(19)18-12-14-4-2-1-3-5-14/h6-7,9-10,14H,1-5,8,11-12,17H2,(H,18,19). The molecule has 1 fully saturated rings. The highest BCUT2D eigenvalue weighted by Crippen LogP contribution is 2.22. The number of benzene rings is 1. The zero-order valence-corrected chi connectivity index (χ0v) is 11.5. The second-order valence-electron chi connectivity index (χ2n) is 5.55. The van der Waals surface area contributed by atoms with E-state index in [-0.39, 0.29) is 5.91 Å². The van der Waals surface area contributed by atoms with Crippen molar-refractivity contribution in [3.05, 3.63) is 29.8 Å². The molecule has 104 valence electrons. The van der Waals surface area contributed by atoms with Gasteiger partial charge in [-0.15, -0.1) is 0 Å². The van der Waals surface area contributed by atoms with E-state index in [1.807, 2.05) is 24.3 Å². The molecule has 1 saturated carbocycles. The van der Waals surface area contributed by atoms with Crippen molar-refractivity contribution in [3.63, 3.8) is 0 Å². The van der Waals surface area contributed by atoms with Crippen LogP contribution in [0.3, 0.4) is 0 Å². The fraction of sp³-hybridized carbons (Fsp3) is 0.562. The quantitative estimate of drug-likeness (QED) is 0.800. The predicted octanol–water partition coefficient (Wildman–Crippen LogP) is 2.90. The predicted molar refractivity (Wildman–Crippen MR) is 78.8 cm³/mol. The van der Waals surface area contributed by atoms with Gasteiger partial charge in [0.25, 0.3) is 0 Å². The minimum Gasteiger partial charge on any atom is -0.399 e. The molecule has 1 aromatic rings. The summed E-state index contributed by atoms with van der Waals surface area (Å²) in [4.78, 5) is 11.8. The average molecular weight is 260 g/mol. The molecule has 0 saturated heterocycles. The van der Waals surface area contributed by atoms with E-state index >= 15 is 0 Å². The van der Waals surface area contributed by atoms with E-state index in [1.54, 1.807) is 0 Å². The number of hydrogen-bond acceptors (Lipinski definition) is 2. The van der Waals surface area contributed by atoms with E-state index in [9.17, 15) is 4.79 Å². The summed E-state index contributed by atoms with van der Waals surface area (Å²) in [6, 6.07) is 7.75. The van der Waals surface area contributed by atoms with Crippen molar-refractivity contribution < 1.29 is 4.79 Å². The Labute approximate surface area is 115 Å². The summed E-state index contributed by atoms with van der Waals surface area (Å²) < 4.78 is 0. The van der Waals surface area contributed by atoms with Crippen LogP contribution in [0.2, 0.25) is 0 Å². The number of rotatable bonds is 5. The van der Waals surface area contributed by atoms with E-state index < -0.39 is 0 Å². The maximum atomic E-state index is 11.8. The molecule has 1 aromatic carbocycles. The molecule has 0 atom stereocenters. The number of nitrogens with one attached hydrogen (secondary N) is 1. The highest BCUT2D eigenvalue weighted by atomic mass is 16.1. The Morgan fingerprint density at radius 1 is 1.16 bits per heavy atom. The van der Waals surface area contributed by atoms with Crippen molar-refractivity contribution in [1.82, 2.24) is 5.32 Å². The number of carbonyl (C=O) groups excluding carboxylic acids is 1. The van der Waals surface area contributed by atoms with Gasteiger partial charge in [-0.25, -0.2) is 0 Å². The highest BCUT2D eigenvalue weighted by molar-refractivity contribution is 5.76. The molecule has 2 rings (SSSR count). The molecule has 3 nitrogen and oxygen atoms in total. The molecule has 1 aliphatic rings. The van der Waals surface area contributed by atoms with E-state index in [1.165, 1.54) is 37.7 Å². The molecule has 1 amide bonds. The van der Waals surface area contributed by atoms with Crippen molar-refractivity contribution in [2.45, 2.75) is 44.9 Å². The summed E-state index contributed by atoms with van der Waals surface area (Å²) in [5.41, 5.74) is 7.57. The van der Waals surface area contributed by atoms with Crippen LogP contribution in [0.5, 0.6) is 0 Å². The van der Waals surface area contributed by atoms with Crippen LogP contribution in [0.15, 0.2) is 24.3 Å². The van der Waals surface area contributed by atoms with Gasteiger partial charge in [-0.2, -0.15) is 0 Å². The van der Waals surface area contributed by atoms with E-state index in [0.717, 1.165) is 18.7 Å². The first-order valence-corrected chi connectivity index (χ1v) is 7.35. The zero-order chi connectivity index (χ0) is 13.5. The molecular formula is C16H24N2O. The molecule has 0 radical (unpaired) electrons. The summed E-state index contributed by atoms with van der Waals surface area (Å²) in [7, 11) is 0. The molecule has 1 aliphatic carbocycles. The number of amides is 1. The zero-order valence-electron chi connectivity index (χ0n) is 11.5. The minimum absolute atomic E-state index is 0.169. The Balaban J connectivity index is 1.65. The summed E-state index contributed by atoms with van der Waals surface area (Å²) in [6.45, 7) is 0.862. The number of anilines is 1. The molecule has 0 aliphatic heterocycles. The third kappa shape index (κ3) is 4.93. The Hall–Kier alpha value is -1.51. The fourth-order valence-electron chi connectivity index (χ4n) is 2.68. The van der Waals surface area contributed by atoms with Crippen molar-refractivity contribution in [2.24, 2.45) is 5.92 Å². The van der Waals surface area contributed by atoms with E-state index in [2.05, 4.69) is 5.32 Å². The van der Waals surface area contributed by atoms with Crippen LogP contribution in [-0.4, -0.2) is 12.5 Å². The summed E-state index contributed by atoms with van der Waals surface area (Å²) >= 11 is 0. The van der Waals surface area contributed by atoms with Gasteiger partial charge in [-0.1, -0.05) is 31.4 Å². The molecule has 0 heterocycles. The summed E-state index contributed by atoms with van der Waals surface area (Å²) in [5.74, 6) is 0.872. The van der Waals surface area contributed by atoms with Crippen molar-refractivity contribution in [3.8, 4) is 0 Å². The monoisotopic (exact) mass is 260 g/mol. The largest absolute Gasteiger partial charge is 0.399 e. The van der Waals surface area contributed by atoms with Gasteiger partial charge in [-0.3, -0.25) is 4.79 Å². The van der Waals surface area contributed by atoms with Crippen LogP contribution in [-0.2, 0) is 11.2 Å². The Bertz CT molecular complexity index is 394. The normalized spacial score (nSPS) is 16.2. The molecule has 19 heavy (non-hydrogen) atoms. The van der Waals surface area contributed by atoms with Crippen LogP contribution in [0.25, 0.3) is 0 Å². The number of nitrogens with two attached hydrogens (primary N) is 1.